The average Bonchev–Trinajstić information content (AvgIpc) is 2.12. The molecule has 0 bridgehead atoms. The van der Waals surface area contributed by atoms with Crippen molar-refractivity contribution in [1.82, 2.24) is 4.90 Å². The molecule has 0 amide bonds. The third-order valence-corrected chi connectivity index (χ3v) is 3.84. The highest BCUT2D eigenvalue weighted by Crippen LogP contribution is 2.34. The predicted octanol–water partition coefficient (Wildman–Crippen LogP) is 2.27. The number of nitrogens with zero attached hydrogens (tertiary/aromatic N) is 1. The first-order valence-electron chi connectivity index (χ1n) is 5.92. The number of hydrogen-bond acceptors (Lipinski definition) is 2. The molecule has 14 heavy (non-hydrogen) atoms. The number of aliphatic hydroxyl groups is 1. The lowest BCUT2D eigenvalue weighted by Crippen LogP contribution is -2.53. The summed E-state index contributed by atoms with van der Waals surface area (Å²) in [6, 6.07) is 0.521. The van der Waals surface area contributed by atoms with Gasteiger partial charge < -0.3 is 10.0 Å². The molecule has 0 aromatic heterocycles. The second-order valence-electron chi connectivity index (χ2n) is 5.10. The standard InChI is InChI=1S/C12H25NO/c1-5-6-7-12(14)8-11(3)13(4)9-10(12)2/h10-11,14H,5-9H2,1-4H3/t10-,11+,12+/m1/s1. The molecule has 0 unspecified atom stereocenters. The van der Waals surface area contributed by atoms with Crippen LogP contribution in [-0.2, 0) is 0 Å². The third-order valence-electron chi connectivity index (χ3n) is 3.84. The zero-order valence-corrected chi connectivity index (χ0v) is 10.1. The molecule has 3 atom stereocenters. The smallest absolute Gasteiger partial charge is 0.0700 e. The molecule has 0 spiro atoms. The van der Waals surface area contributed by atoms with E-state index in [1.165, 1.54) is 6.42 Å². The first-order chi connectivity index (χ1) is 6.49. The quantitative estimate of drug-likeness (QED) is 0.753. The molecule has 2 nitrogen and oxygen atoms in total. The first-order valence-corrected chi connectivity index (χ1v) is 5.92. The van der Waals surface area contributed by atoms with Crippen LogP contribution in [0.25, 0.3) is 0 Å². The van der Waals surface area contributed by atoms with E-state index in [2.05, 4.69) is 32.7 Å². The van der Waals surface area contributed by atoms with Gasteiger partial charge in [-0.15, -0.1) is 0 Å². The van der Waals surface area contributed by atoms with Crippen LogP contribution in [0, 0.1) is 5.92 Å². The van der Waals surface area contributed by atoms with Gasteiger partial charge in [0, 0.05) is 12.6 Å². The Bertz CT molecular complexity index is 183. The largest absolute Gasteiger partial charge is 0.390 e. The van der Waals surface area contributed by atoms with E-state index in [0.29, 0.717) is 12.0 Å². The highest BCUT2D eigenvalue weighted by molar-refractivity contribution is 4.93. The van der Waals surface area contributed by atoms with Crippen molar-refractivity contribution in [3.05, 3.63) is 0 Å². The molecule has 0 aliphatic carbocycles. The Morgan fingerprint density at radius 2 is 2.07 bits per heavy atom. The van der Waals surface area contributed by atoms with E-state index in [4.69, 9.17) is 0 Å². The maximum atomic E-state index is 10.5. The van der Waals surface area contributed by atoms with Crippen LogP contribution >= 0.6 is 0 Å². The summed E-state index contributed by atoms with van der Waals surface area (Å²) in [5, 5.41) is 10.5. The van der Waals surface area contributed by atoms with Crippen LogP contribution in [0.5, 0.6) is 0 Å². The van der Waals surface area contributed by atoms with Crippen molar-refractivity contribution in [3.63, 3.8) is 0 Å². The Balaban J connectivity index is 2.58. The minimum atomic E-state index is -0.401. The zero-order chi connectivity index (χ0) is 10.8. The van der Waals surface area contributed by atoms with Crippen LogP contribution in [-0.4, -0.2) is 35.2 Å². The van der Waals surface area contributed by atoms with Gasteiger partial charge >= 0.3 is 0 Å². The summed E-state index contributed by atoms with van der Waals surface area (Å²) in [6.45, 7) is 7.61. The second kappa shape index (κ2) is 4.63. The van der Waals surface area contributed by atoms with E-state index in [1.54, 1.807) is 0 Å². The molecule has 1 N–H and O–H groups in total. The van der Waals surface area contributed by atoms with Gasteiger partial charge in [0.25, 0.3) is 0 Å². The average molecular weight is 199 g/mol. The summed E-state index contributed by atoms with van der Waals surface area (Å²) >= 11 is 0. The highest BCUT2D eigenvalue weighted by atomic mass is 16.3. The van der Waals surface area contributed by atoms with E-state index >= 15 is 0 Å². The minimum Gasteiger partial charge on any atom is -0.390 e. The molecule has 1 rings (SSSR count). The fourth-order valence-electron chi connectivity index (χ4n) is 2.48. The molecular formula is C12H25NO. The Morgan fingerprint density at radius 1 is 1.43 bits per heavy atom. The predicted molar refractivity (Wildman–Crippen MR) is 60.3 cm³/mol. The van der Waals surface area contributed by atoms with Gasteiger partial charge in [-0.3, -0.25) is 0 Å². The molecule has 1 aliphatic heterocycles. The summed E-state index contributed by atoms with van der Waals surface area (Å²) in [5.74, 6) is 0.412. The van der Waals surface area contributed by atoms with Crippen molar-refractivity contribution < 1.29 is 5.11 Å². The molecule has 1 heterocycles. The zero-order valence-electron chi connectivity index (χ0n) is 10.1. The van der Waals surface area contributed by atoms with Crippen LogP contribution in [0.15, 0.2) is 0 Å². The highest BCUT2D eigenvalue weighted by Gasteiger charge is 2.40. The van der Waals surface area contributed by atoms with Crippen molar-refractivity contribution in [2.45, 2.75) is 58.1 Å². The van der Waals surface area contributed by atoms with Gasteiger partial charge in [0.1, 0.15) is 0 Å². The van der Waals surface area contributed by atoms with Crippen molar-refractivity contribution in [3.8, 4) is 0 Å². The van der Waals surface area contributed by atoms with Crippen LogP contribution in [0.4, 0.5) is 0 Å². The van der Waals surface area contributed by atoms with Crippen molar-refractivity contribution >= 4 is 0 Å². The van der Waals surface area contributed by atoms with E-state index in [9.17, 15) is 5.11 Å². The van der Waals surface area contributed by atoms with E-state index in [0.717, 1.165) is 25.8 Å². The second-order valence-corrected chi connectivity index (χ2v) is 5.10. The Hall–Kier alpha value is -0.0800. The van der Waals surface area contributed by atoms with Crippen molar-refractivity contribution in [2.24, 2.45) is 5.92 Å². The summed E-state index contributed by atoms with van der Waals surface area (Å²) < 4.78 is 0. The summed E-state index contributed by atoms with van der Waals surface area (Å²) in [5.41, 5.74) is -0.401. The maximum absolute atomic E-state index is 10.5. The lowest BCUT2D eigenvalue weighted by atomic mass is 9.76. The van der Waals surface area contributed by atoms with Gasteiger partial charge in [0.15, 0.2) is 0 Å². The molecule has 0 saturated carbocycles. The fourth-order valence-corrected chi connectivity index (χ4v) is 2.48. The van der Waals surface area contributed by atoms with Crippen LogP contribution in [0.1, 0.15) is 46.5 Å². The molecular weight excluding hydrogens is 174 g/mol. The summed E-state index contributed by atoms with van der Waals surface area (Å²) in [4.78, 5) is 2.35. The maximum Gasteiger partial charge on any atom is 0.0700 e. The Labute approximate surface area is 88.3 Å². The van der Waals surface area contributed by atoms with Gasteiger partial charge in [0.05, 0.1) is 5.60 Å². The van der Waals surface area contributed by atoms with E-state index in [-0.39, 0.29) is 0 Å². The van der Waals surface area contributed by atoms with Gasteiger partial charge in [-0.2, -0.15) is 0 Å². The molecule has 1 aliphatic rings. The van der Waals surface area contributed by atoms with Crippen LogP contribution in [0.2, 0.25) is 0 Å². The molecule has 0 radical (unpaired) electrons. The number of rotatable bonds is 3. The van der Waals surface area contributed by atoms with Gasteiger partial charge in [-0.25, -0.2) is 0 Å². The topological polar surface area (TPSA) is 23.5 Å². The van der Waals surface area contributed by atoms with Crippen LogP contribution in [0.3, 0.4) is 0 Å². The van der Waals surface area contributed by atoms with Crippen LogP contribution < -0.4 is 0 Å². The van der Waals surface area contributed by atoms with E-state index in [1.807, 2.05) is 0 Å². The normalized spacial score (nSPS) is 40.1. The Kier molecular flexibility index (Phi) is 3.96. The van der Waals surface area contributed by atoms with Crippen molar-refractivity contribution in [2.75, 3.05) is 13.6 Å². The van der Waals surface area contributed by atoms with Gasteiger partial charge in [0.2, 0.25) is 0 Å². The number of unbranched alkanes of at least 4 members (excludes halogenated alkanes) is 1. The van der Waals surface area contributed by atoms with E-state index < -0.39 is 5.60 Å². The summed E-state index contributed by atoms with van der Waals surface area (Å²) in [7, 11) is 2.15. The lowest BCUT2D eigenvalue weighted by Gasteiger charge is -2.46. The first kappa shape index (κ1) is 12.0. The minimum absolute atomic E-state index is 0.401. The van der Waals surface area contributed by atoms with Crippen molar-refractivity contribution in [1.29, 1.82) is 0 Å². The molecule has 84 valence electrons. The number of hydrogen-bond donors (Lipinski definition) is 1. The molecule has 1 fully saturated rings. The number of likely N-dealkylation sites (tertiary alicyclic amines) is 1. The molecule has 0 aromatic rings. The molecule has 1 saturated heterocycles. The molecule has 2 heteroatoms. The van der Waals surface area contributed by atoms with Gasteiger partial charge in [-0.05, 0) is 32.7 Å². The monoisotopic (exact) mass is 199 g/mol. The molecule has 0 aromatic carbocycles. The number of piperidine rings is 1. The fraction of sp³-hybridized carbons (Fsp3) is 1.00. The summed E-state index contributed by atoms with van der Waals surface area (Å²) in [6.07, 6.45) is 4.24. The SMILES string of the molecule is CCCC[C@]1(O)C[C@H](C)N(C)C[C@H]1C. The third kappa shape index (κ3) is 2.48. The lowest BCUT2D eigenvalue weighted by molar-refractivity contribution is -0.0848. The van der Waals surface area contributed by atoms with Gasteiger partial charge in [-0.1, -0.05) is 26.7 Å². The Morgan fingerprint density at radius 3 is 2.64 bits per heavy atom.